The molecule has 0 aliphatic carbocycles. The van der Waals surface area contributed by atoms with Crippen molar-refractivity contribution in [2.24, 2.45) is 0 Å². The minimum absolute atomic E-state index is 0.130. The Bertz CT molecular complexity index is 729. The van der Waals surface area contributed by atoms with Gasteiger partial charge in [-0.25, -0.2) is 8.42 Å². The summed E-state index contributed by atoms with van der Waals surface area (Å²) in [7, 11) is -3.22. The van der Waals surface area contributed by atoms with Gasteiger partial charge in [0.05, 0.1) is 10.6 Å². The number of aromatic hydroxyl groups is 1. The first kappa shape index (κ1) is 14.6. The molecule has 0 spiro atoms. The summed E-state index contributed by atoms with van der Waals surface area (Å²) in [4.78, 5) is 0.251. The van der Waals surface area contributed by atoms with Crippen molar-refractivity contribution >= 4 is 9.84 Å². The van der Waals surface area contributed by atoms with Crippen LogP contribution in [0.3, 0.4) is 0 Å². The summed E-state index contributed by atoms with van der Waals surface area (Å²) in [6.45, 7) is 5.77. The fraction of sp³-hybridized carbons (Fsp3) is 0.357. The van der Waals surface area contributed by atoms with Gasteiger partial charge in [-0.15, -0.1) is 0 Å². The van der Waals surface area contributed by atoms with Crippen LogP contribution in [0.25, 0.3) is 11.3 Å². The van der Waals surface area contributed by atoms with E-state index in [0.29, 0.717) is 17.0 Å². The fourth-order valence-electron chi connectivity index (χ4n) is 2.07. The second-order valence-electron chi connectivity index (χ2n) is 5.12. The molecule has 0 unspecified atom stereocenters. The van der Waals surface area contributed by atoms with Gasteiger partial charge < -0.3 is 5.11 Å². The van der Waals surface area contributed by atoms with E-state index in [1.807, 2.05) is 13.8 Å². The van der Waals surface area contributed by atoms with Crippen LogP contribution in [0.1, 0.15) is 25.6 Å². The molecule has 1 heterocycles. The Kier molecular flexibility index (Phi) is 3.60. The van der Waals surface area contributed by atoms with E-state index in [2.05, 4.69) is 5.10 Å². The highest BCUT2D eigenvalue weighted by Crippen LogP contribution is 2.32. The first-order valence-electron chi connectivity index (χ1n) is 6.30. The quantitative estimate of drug-likeness (QED) is 0.944. The van der Waals surface area contributed by atoms with Crippen LogP contribution in [0.5, 0.6) is 5.75 Å². The highest BCUT2D eigenvalue weighted by molar-refractivity contribution is 7.90. The Labute approximate surface area is 118 Å². The first-order valence-corrected chi connectivity index (χ1v) is 8.19. The zero-order chi connectivity index (χ0) is 15.1. The number of hydrogen-bond donors (Lipinski definition) is 1. The second-order valence-corrected chi connectivity index (χ2v) is 7.13. The molecule has 1 N–H and O–H groups in total. The van der Waals surface area contributed by atoms with Gasteiger partial charge in [-0.2, -0.15) is 5.10 Å². The lowest BCUT2D eigenvalue weighted by atomic mass is 10.1. The minimum atomic E-state index is -3.22. The summed E-state index contributed by atoms with van der Waals surface area (Å²) in [5.41, 5.74) is 1.86. The van der Waals surface area contributed by atoms with Gasteiger partial charge in [-0.3, -0.25) is 4.68 Å². The highest BCUT2D eigenvalue weighted by atomic mass is 32.2. The van der Waals surface area contributed by atoms with E-state index in [1.165, 1.54) is 12.1 Å². The highest BCUT2D eigenvalue weighted by Gasteiger charge is 2.17. The summed E-state index contributed by atoms with van der Waals surface area (Å²) >= 11 is 0. The van der Waals surface area contributed by atoms with Gasteiger partial charge in [0.25, 0.3) is 0 Å². The van der Waals surface area contributed by atoms with E-state index in [-0.39, 0.29) is 16.7 Å². The molecule has 0 fully saturated rings. The maximum absolute atomic E-state index is 11.4. The zero-order valence-electron chi connectivity index (χ0n) is 12.0. The predicted molar refractivity (Wildman–Crippen MR) is 77.6 cm³/mol. The van der Waals surface area contributed by atoms with Crippen LogP contribution in [0, 0.1) is 6.92 Å². The molecule has 0 saturated carbocycles. The molecule has 6 heteroatoms. The average molecular weight is 294 g/mol. The molecular weight excluding hydrogens is 276 g/mol. The van der Waals surface area contributed by atoms with Crippen molar-refractivity contribution in [3.05, 3.63) is 30.0 Å². The average Bonchev–Trinajstić information content (AvgIpc) is 2.66. The molecule has 1 aromatic heterocycles. The molecule has 0 radical (unpaired) electrons. The molecule has 0 aliphatic heterocycles. The van der Waals surface area contributed by atoms with Crippen molar-refractivity contribution in [3.8, 4) is 17.0 Å². The Morgan fingerprint density at radius 1 is 1.20 bits per heavy atom. The number of rotatable bonds is 3. The predicted octanol–water partition coefficient (Wildman–Crippen LogP) is 2.55. The number of benzene rings is 1. The molecule has 2 aromatic rings. The van der Waals surface area contributed by atoms with Crippen molar-refractivity contribution in [1.82, 2.24) is 9.78 Å². The number of sulfone groups is 1. The third kappa shape index (κ3) is 2.56. The van der Waals surface area contributed by atoms with Crippen LogP contribution in [-0.2, 0) is 9.84 Å². The maximum Gasteiger partial charge on any atom is 0.175 e. The van der Waals surface area contributed by atoms with Crippen molar-refractivity contribution in [3.63, 3.8) is 0 Å². The van der Waals surface area contributed by atoms with Gasteiger partial charge in [-0.05, 0) is 32.9 Å². The standard InChI is InChI=1S/C14H18N2O3S/c1-9(2)16-10(3)14(17)13(15-16)11-5-7-12(8-6-11)20(4,18)19/h5-9,17H,1-4H3. The molecule has 2 rings (SSSR count). The fourth-order valence-corrected chi connectivity index (χ4v) is 2.70. The molecule has 0 aliphatic rings. The third-order valence-corrected chi connectivity index (χ3v) is 4.29. The van der Waals surface area contributed by atoms with Crippen LogP contribution in [0.4, 0.5) is 0 Å². The topological polar surface area (TPSA) is 72.2 Å². The van der Waals surface area contributed by atoms with E-state index in [4.69, 9.17) is 0 Å². The molecule has 1 aromatic carbocycles. The molecular formula is C14H18N2O3S. The molecule has 0 amide bonds. The zero-order valence-corrected chi connectivity index (χ0v) is 12.8. The lowest BCUT2D eigenvalue weighted by Gasteiger charge is -2.06. The first-order chi connectivity index (χ1) is 9.21. The largest absolute Gasteiger partial charge is 0.504 e. The van der Waals surface area contributed by atoms with Crippen LogP contribution >= 0.6 is 0 Å². The summed E-state index contributed by atoms with van der Waals surface area (Å²) < 4.78 is 24.6. The normalized spacial score (nSPS) is 12.1. The van der Waals surface area contributed by atoms with Gasteiger partial charge in [0.15, 0.2) is 15.6 Å². The Balaban J connectivity index is 2.50. The number of aromatic nitrogens is 2. The van der Waals surface area contributed by atoms with Gasteiger partial charge in [0.2, 0.25) is 0 Å². The maximum atomic E-state index is 11.4. The lowest BCUT2D eigenvalue weighted by Crippen LogP contribution is -2.04. The Morgan fingerprint density at radius 3 is 2.15 bits per heavy atom. The summed E-state index contributed by atoms with van der Waals surface area (Å²) in [5.74, 6) is 0.130. The molecule has 5 nitrogen and oxygen atoms in total. The second kappa shape index (κ2) is 4.94. The lowest BCUT2D eigenvalue weighted by molar-refractivity contribution is 0.461. The molecule has 0 saturated heterocycles. The van der Waals surface area contributed by atoms with E-state index >= 15 is 0 Å². The SMILES string of the molecule is Cc1c(O)c(-c2ccc(S(C)(=O)=O)cc2)nn1C(C)C. The van der Waals surface area contributed by atoms with E-state index in [1.54, 1.807) is 23.7 Å². The smallest absolute Gasteiger partial charge is 0.175 e. The minimum Gasteiger partial charge on any atom is -0.504 e. The van der Waals surface area contributed by atoms with E-state index in [9.17, 15) is 13.5 Å². The van der Waals surface area contributed by atoms with Gasteiger partial charge >= 0.3 is 0 Å². The molecule has 0 atom stereocenters. The summed E-state index contributed by atoms with van der Waals surface area (Å²) in [5, 5.41) is 14.5. The van der Waals surface area contributed by atoms with Crippen molar-refractivity contribution in [2.75, 3.05) is 6.26 Å². The van der Waals surface area contributed by atoms with E-state index in [0.717, 1.165) is 6.26 Å². The molecule has 20 heavy (non-hydrogen) atoms. The van der Waals surface area contributed by atoms with Crippen LogP contribution < -0.4 is 0 Å². The van der Waals surface area contributed by atoms with Gasteiger partial charge in [0, 0.05) is 17.9 Å². The molecule has 108 valence electrons. The van der Waals surface area contributed by atoms with Gasteiger partial charge in [-0.1, -0.05) is 12.1 Å². The van der Waals surface area contributed by atoms with Gasteiger partial charge in [0.1, 0.15) is 5.69 Å². The van der Waals surface area contributed by atoms with Crippen LogP contribution in [0.2, 0.25) is 0 Å². The van der Waals surface area contributed by atoms with Crippen molar-refractivity contribution in [2.45, 2.75) is 31.7 Å². The van der Waals surface area contributed by atoms with Crippen LogP contribution in [0.15, 0.2) is 29.2 Å². The number of nitrogens with zero attached hydrogens (tertiary/aromatic N) is 2. The Morgan fingerprint density at radius 2 is 1.75 bits per heavy atom. The van der Waals surface area contributed by atoms with Crippen molar-refractivity contribution in [1.29, 1.82) is 0 Å². The Hall–Kier alpha value is -1.82. The summed E-state index contributed by atoms with van der Waals surface area (Å²) in [6.07, 6.45) is 1.16. The molecule has 0 bridgehead atoms. The van der Waals surface area contributed by atoms with E-state index < -0.39 is 9.84 Å². The third-order valence-electron chi connectivity index (χ3n) is 3.16. The summed E-state index contributed by atoms with van der Waals surface area (Å²) in [6, 6.07) is 6.50. The van der Waals surface area contributed by atoms with Crippen molar-refractivity contribution < 1.29 is 13.5 Å². The van der Waals surface area contributed by atoms with Crippen LogP contribution in [-0.4, -0.2) is 29.6 Å². The number of hydrogen-bond acceptors (Lipinski definition) is 4. The monoisotopic (exact) mass is 294 g/mol.